The van der Waals surface area contributed by atoms with Gasteiger partial charge in [-0.2, -0.15) is 0 Å². The first-order valence-electron chi connectivity index (χ1n) is 11.6. The third-order valence-electron chi connectivity index (χ3n) is 7.00. The minimum Gasteiger partial charge on any atom is -0.379 e. The number of benzene rings is 1. The molecule has 4 aromatic rings. The average Bonchev–Trinajstić information content (AvgIpc) is 3.24. The lowest BCUT2D eigenvalue weighted by molar-refractivity contribution is 0.00791. The summed E-state index contributed by atoms with van der Waals surface area (Å²) in [4.78, 5) is 19.4. The van der Waals surface area contributed by atoms with Crippen LogP contribution >= 0.6 is 0 Å². The van der Waals surface area contributed by atoms with Gasteiger partial charge in [0.1, 0.15) is 17.8 Å². The van der Waals surface area contributed by atoms with Gasteiger partial charge in [0, 0.05) is 48.5 Å². The van der Waals surface area contributed by atoms with Crippen molar-refractivity contribution < 1.29 is 4.74 Å². The van der Waals surface area contributed by atoms with Gasteiger partial charge >= 0.3 is 0 Å². The number of H-pyrrole nitrogens is 1. The average molecular weight is 429 g/mol. The van der Waals surface area contributed by atoms with Gasteiger partial charge in [0.15, 0.2) is 0 Å². The lowest BCUT2D eigenvalue weighted by atomic mass is 9.90. The van der Waals surface area contributed by atoms with Crippen molar-refractivity contribution >= 4 is 27.8 Å². The summed E-state index contributed by atoms with van der Waals surface area (Å²) in [6.07, 6.45) is 10.1. The number of hydrogen-bond acceptors (Lipinski definition) is 6. The van der Waals surface area contributed by atoms with E-state index in [1.54, 1.807) is 6.33 Å². The largest absolute Gasteiger partial charge is 0.379 e. The second-order valence-electron chi connectivity index (χ2n) is 8.87. The SMILES string of the molecule is c1cc(-c2ccc3c(c2)[nH]c2ncnc(N[C@H]4CC[C@H](N5CCOCC5)CC4)c23)ccn1. The summed E-state index contributed by atoms with van der Waals surface area (Å²) in [6.45, 7) is 3.90. The maximum absolute atomic E-state index is 5.52. The molecule has 7 heteroatoms. The number of rotatable bonds is 4. The van der Waals surface area contributed by atoms with E-state index in [0.717, 1.165) is 65.2 Å². The predicted molar refractivity (Wildman–Crippen MR) is 127 cm³/mol. The minimum absolute atomic E-state index is 0.450. The normalized spacial score (nSPS) is 22.4. The number of fused-ring (bicyclic) bond motifs is 3. The third-order valence-corrected chi connectivity index (χ3v) is 7.00. The van der Waals surface area contributed by atoms with Crippen LogP contribution in [0.4, 0.5) is 5.82 Å². The molecule has 0 atom stereocenters. The van der Waals surface area contributed by atoms with Crippen molar-refractivity contribution in [3.63, 3.8) is 0 Å². The quantitative estimate of drug-likeness (QED) is 0.506. The second-order valence-corrected chi connectivity index (χ2v) is 8.87. The van der Waals surface area contributed by atoms with Crippen LogP contribution in [0.3, 0.4) is 0 Å². The molecule has 1 aliphatic carbocycles. The number of hydrogen-bond donors (Lipinski definition) is 2. The first kappa shape index (κ1) is 19.6. The standard InChI is InChI=1S/C25H28N6O/c1-6-21-22(15-18(1)17-7-9-26-10-8-17)30-25-23(21)24(27-16-28-25)29-19-2-4-20(5-3-19)31-11-13-32-14-12-31/h1,6-10,15-16,19-20H,2-5,11-14H2,(H2,27,28,29,30)/t19-,20-. The molecule has 0 unspecified atom stereocenters. The molecular formula is C25H28N6O. The maximum atomic E-state index is 5.52. The summed E-state index contributed by atoms with van der Waals surface area (Å²) >= 11 is 0. The molecule has 0 amide bonds. The Labute approximate surface area is 187 Å². The van der Waals surface area contributed by atoms with Gasteiger partial charge in [-0.05, 0) is 55.0 Å². The Morgan fingerprint density at radius 2 is 1.75 bits per heavy atom. The van der Waals surface area contributed by atoms with E-state index < -0.39 is 0 Å². The summed E-state index contributed by atoms with van der Waals surface area (Å²) in [5, 5.41) is 5.99. The first-order chi connectivity index (χ1) is 15.8. The molecule has 1 aromatic carbocycles. The van der Waals surface area contributed by atoms with Crippen molar-refractivity contribution in [3.05, 3.63) is 49.1 Å². The van der Waals surface area contributed by atoms with Crippen LogP contribution in [0.1, 0.15) is 25.7 Å². The van der Waals surface area contributed by atoms with Crippen LogP contribution in [0.2, 0.25) is 0 Å². The van der Waals surface area contributed by atoms with E-state index in [9.17, 15) is 0 Å². The van der Waals surface area contributed by atoms with E-state index >= 15 is 0 Å². The number of aromatic nitrogens is 4. The molecule has 2 N–H and O–H groups in total. The Balaban J connectivity index is 1.24. The van der Waals surface area contributed by atoms with Crippen LogP contribution < -0.4 is 5.32 Å². The zero-order valence-electron chi connectivity index (χ0n) is 18.1. The fourth-order valence-corrected chi connectivity index (χ4v) is 5.28. The number of nitrogens with one attached hydrogen (secondary N) is 2. The lowest BCUT2D eigenvalue weighted by Crippen LogP contribution is -2.46. The molecule has 2 fully saturated rings. The zero-order chi connectivity index (χ0) is 21.3. The molecule has 2 aliphatic rings. The van der Waals surface area contributed by atoms with Crippen molar-refractivity contribution in [2.75, 3.05) is 31.6 Å². The van der Waals surface area contributed by atoms with Gasteiger partial charge in [0.05, 0.1) is 18.6 Å². The van der Waals surface area contributed by atoms with Gasteiger partial charge in [0.25, 0.3) is 0 Å². The number of aromatic amines is 1. The Bertz CT molecular complexity index is 1210. The van der Waals surface area contributed by atoms with Crippen LogP contribution in [0.5, 0.6) is 0 Å². The molecule has 1 aliphatic heterocycles. The molecule has 164 valence electrons. The molecule has 4 heterocycles. The molecule has 3 aromatic heterocycles. The van der Waals surface area contributed by atoms with Crippen molar-refractivity contribution in [2.24, 2.45) is 0 Å². The van der Waals surface area contributed by atoms with Crippen LogP contribution in [-0.2, 0) is 4.74 Å². The first-order valence-corrected chi connectivity index (χ1v) is 11.6. The summed E-state index contributed by atoms with van der Waals surface area (Å²) in [6, 6.07) is 11.7. The Morgan fingerprint density at radius 3 is 2.56 bits per heavy atom. The number of morpholine rings is 1. The molecule has 6 rings (SSSR count). The monoisotopic (exact) mass is 428 g/mol. The third kappa shape index (κ3) is 3.72. The molecular weight excluding hydrogens is 400 g/mol. The lowest BCUT2D eigenvalue weighted by Gasteiger charge is -2.39. The second kappa shape index (κ2) is 8.48. The molecule has 32 heavy (non-hydrogen) atoms. The van der Waals surface area contributed by atoms with Crippen LogP contribution in [0.15, 0.2) is 49.1 Å². The number of pyridine rings is 1. The smallest absolute Gasteiger partial charge is 0.143 e. The van der Waals surface area contributed by atoms with E-state index in [1.807, 2.05) is 24.5 Å². The van der Waals surface area contributed by atoms with Crippen LogP contribution in [0.25, 0.3) is 33.1 Å². The van der Waals surface area contributed by atoms with Crippen molar-refractivity contribution in [1.29, 1.82) is 0 Å². The highest BCUT2D eigenvalue weighted by atomic mass is 16.5. The highest BCUT2D eigenvalue weighted by Crippen LogP contribution is 2.33. The molecule has 7 nitrogen and oxygen atoms in total. The highest BCUT2D eigenvalue weighted by Gasteiger charge is 2.27. The van der Waals surface area contributed by atoms with Crippen molar-refractivity contribution in [1.82, 2.24) is 24.8 Å². The van der Waals surface area contributed by atoms with E-state index in [1.165, 1.54) is 25.7 Å². The number of ether oxygens (including phenoxy) is 1. The van der Waals surface area contributed by atoms with Gasteiger partial charge in [-0.1, -0.05) is 12.1 Å². The van der Waals surface area contributed by atoms with Gasteiger partial charge in [-0.25, -0.2) is 9.97 Å². The fourth-order valence-electron chi connectivity index (χ4n) is 5.28. The molecule has 0 radical (unpaired) electrons. The zero-order valence-corrected chi connectivity index (χ0v) is 18.1. The summed E-state index contributed by atoms with van der Waals surface area (Å²) in [5.74, 6) is 0.938. The van der Waals surface area contributed by atoms with Gasteiger partial charge in [-0.15, -0.1) is 0 Å². The van der Waals surface area contributed by atoms with E-state index in [4.69, 9.17) is 4.74 Å². The molecule has 0 spiro atoms. The van der Waals surface area contributed by atoms with Crippen molar-refractivity contribution in [2.45, 2.75) is 37.8 Å². The Hall–Kier alpha value is -3.03. The number of anilines is 1. The topological polar surface area (TPSA) is 79.0 Å². The molecule has 1 saturated carbocycles. The summed E-state index contributed by atoms with van der Waals surface area (Å²) in [5.41, 5.74) is 4.28. The van der Waals surface area contributed by atoms with Gasteiger partial charge < -0.3 is 15.0 Å². The minimum atomic E-state index is 0.450. The Kier molecular flexibility index (Phi) is 5.21. The summed E-state index contributed by atoms with van der Waals surface area (Å²) < 4.78 is 5.52. The van der Waals surface area contributed by atoms with Gasteiger partial charge in [-0.3, -0.25) is 9.88 Å². The van der Waals surface area contributed by atoms with Gasteiger partial charge in [0.2, 0.25) is 0 Å². The van der Waals surface area contributed by atoms with E-state index in [-0.39, 0.29) is 0 Å². The van der Waals surface area contributed by atoms with E-state index in [2.05, 4.69) is 48.4 Å². The molecule has 0 bridgehead atoms. The van der Waals surface area contributed by atoms with E-state index in [0.29, 0.717) is 12.1 Å². The Morgan fingerprint density at radius 1 is 0.938 bits per heavy atom. The molecule has 1 saturated heterocycles. The predicted octanol–water partition coefficient (Wildman–Crippen LogP) is 4.23. The maximum Gasteiger partial charge on any atom is 0.143 e. The highest BCUT2D eigenvalue weighted by molar-refractivity contribution is 6.11. The van der Waals surface area contributed by atoms with Crippen LogP contribution in [0, 0.1) is 0 Å². The fraction of sp³-hybridized carbons (Fsp3) is 0.400. The van der Waals surface area contributed by atoms with Crippen LogP contribution in [-0.4, -0.2) is 63.2 Å². The summed E-state index contributed by atoms with van der Waals surface area (Å²) in [7, 11) is 0. The number of nitrogens with zero attached hydrogens (tertiary/aromatic N) is 4. The van der Waals surface area contributed by atoms with Crippen molar-refractivity contribution in [3.8, 4) is 11.1 Å².